The second kappa shape index (κ2) is 6.38. The van der Waals surface area contributed by atoms with Crippen LogP contribution in [0, 0.1) is 0 Å². The highest BCUT2D eigenvalue weighted by molar-refractivity contribution is 5.68. The van der Waals surface area contributed by atoms with Crippen LogP contribution in [0.3, 0.4) is 0 Å². The van der Waals surface area contributed by atoms with Crippen molar-refractivity contribution < 1.29 is 14.6 Å². The summed E-state index contributed by atoms with van der Waals surface area (Å²) in [5.74, 6) is 0. The number of hydrogen-bond donors (Lipinski definition) is 2. The fraction of sp³-hybridized carbons (Fsp3) is 0.923. The van der Waals surface area contributed by atoms with Crippen molar-refractivity contribution >= 4 is 6.09 Å². The van der Waals surface area contributed by atoms with Crippen LogP contribution in [0.4, 0.5) is 4.79 Å². The maximum absolute atomic E-state index is 11.9. The fourth-order valence-corrected chi connectivity index (χ4v) is 1.97. The summed E-state index contributed by atoms with van der Waals surface area (Å²) in [6.45, 7) is 9.34. The number of nitrogens with one attached hydrogen (secondary N) is 1. The van der Waals surface area contributed by atoms with Gasteiger partial charge >= 0.3 is 6.09 Å². The molecule has 1 amide bonds. The number of aliphatic hydroxyl groups excluding tert-OH is 1. The lowest BCUT2D eigenvalue weighted by molar-refractivity contribution is 0.0184. The van der Waals surface area contributed by atoms with Crippen molar-refractivity contribution in [3.8, 4) is 0 Å². The minimum Gasteiger partial charge on any atom is -0.444 e. The molecule has 2 N–H and O–H groups in total. The molecule has 18 heavy (non-hydrogen) atoms. The Labute approximate surface area is 109 Å². The Morgan fingerprint density at radius 3 is 2.78 bits per heavy atom. The standard InChI is InChI=1S/C13H26N2O3/c1-10(16)8-14-11-6-5-7-15(9-11)12(17)18-13(2,3)4/h10-11,14,16H,5-9H2,1-4H3. The largest absolute Gasteiger partial charge is 0.444 e. The number of piperidine rings is 1. The predicted molar refractivity (Wildman–Crippen MR) is 70.5 cm³/mol. The molecule has 2 unspecified atom stereocenters. The summed E-state index contributed by atoms with van der Waals surface area (Å²) in [4.78, 5) is 13.7. The topological polar surface area (TPSA) is 61.8 Å². The molecular weight excluding hydrogens is 232 g/mol. The molecule has 1 aliphatic rings. The molecular formula is C13H26N2O3. The van der Waals surface area contributed by atoms with E-state index < -0.39 is 5.60 Å². The van der Waals surface area contributed by atoms with Gasteiger partial charge in [-0.05, 0) is 40.5 Å². The van der Waals surface area contributed by atoms with Crippen LogP contribution in [0.15, 0.2) is 0 Å². The van der Waals surface area contributed by atoms with Crippen LogP contribution in [0.2, 0.25) is 0 Å². The number of amides is 1. The Morgan fingerprint density at radius 1 is 1.56 bits per heavy atom. The predicted octanol–water partition coefficient (Wildman–Crippen LogP) is 1.36. The molecule has 0 aromatic rings. The molecule has 1 saturated heterocycles. The van der Waals surface area contributed by atoms with Crippen molar-refractivity contribution in [1.82, 2.24) is 10.2 Å². The second-order valence-electron chi connectivity index (χ2n) is 6.02. The lowest BCUT2D eigenvalue weighted by Crippen LogP contribution is -2.50. The van der Waals surface area contributed by atoms with Crippen LogP contribution in [0.5, 0.6) is 0 Å². The molecule has 0 aromatic carbocycles. The first-order valence-electron chi connectivity index (χ1n) is 6.67. The molecule has 106 valence electrons. The summed E-state index contributed by atoms with van der Waals surface area (Å²) < 4.78 is 5.36. The molecule has 0 spiro atoms. The van der Waals surface area contributed by atoms with Crippen molar-refractivity contribution in [2.24, 2.45) is 0 Å². The molecule has 2 atom stereocenters. The maximum atomic E-state index is 11.9. The minimum absolute atomic E-state index is 0.244. The Kier molecular flexibility index (Phi) is 5.41. The first kappa shape index (κ1) is 15.2. The minimum atomic E-state index is -0.447. The van der Waals surface area contributed by atoms with Crippen LogP contribution < -0.4 is 5.32 Å². The summed E-state index contributed by atoms with van der Waals surface area (Å²) in [6, 6.07) is 0.251. The van der Waals surface area contributed by atoms with Crippen LogP contribution in [0.25, 0.3) is 0 Å². The molecule has 5 nitrogen and oxygen atoms in total. The molecule has 5 heteroatoms. The summed E-state index contributed by atoms with van der Waals surface area (Å²) in [7, 11) is 0. The molecule has 1 aliphatic heterocycles. The number of likely N-dealkylation sites (tertiary alicyclic amines) is 1. The van der Waals surface area contributed by atoms with E-state index in [4.69, 9.17) is 4.74 Å². The average molecular weight is 258 g/mol. The van der Waals surface area contributed by atoms with E-state index in [-0.39, 0.29) is 18.2 Å². The van der Waals surface area contributed by atoms with Gasteiger partial charge in [0.25, 0.3) is 0 Å². The second-order valence-corrected chi connectivity index (χ2v) is 6.02. The number of carbonyl (C=O) groups is 1. The third-order valence-corrected chi connectivity index (χ3v) is 2.78. The number of ether oxygens (including phenoxy) is 1. The van der Waals surface area contributed by atoms with Crippen LogP contribution in [0.1, 0.15) is 40.5 Å². The summed E-state index contributed by atoms with van der Waals surface area (Å²) in [5.41, 5.74) is -0.447. The first-order chi connectivity index (χ1) is 8.28. The quantitative estimate of drug-likeness (QED) is 0.802. The van der Waals surface area contributed by atoms with Crippen LogP contribution in [-0.4, -0.2) is 53.5 Å². The fourth-order valence-electron chi connectivity index (χ4n) is 1.97. The highest BCUT2D eigenvalue weighted by atomic mass is 16.6. The zero-order valence-corrected chi connectivity index (χ0v) is 11.9. The van der Waals surface area contributed by atoms with E-state index in [1.807, 2.05) is 20.8 Å². The van der Waals surface area contributed by atoms with Gasteiger partial charge in [-0.1, -0.05) is 0 Å². The highest BCUT2D eigenvalue weighted by Gasteiger charge is 2.27. The zero-order chi connectivity index (χ0) is 13.8. The summed E-state index contributed by atoms with van der Waals surface area (Å²) >= 11 is 0. The third-order valence-electron chi connectivity index (χ3n) is 2.78. The van der Waals surface area contributed by atoms with Crippen molar-refractivity contribution in [2.45, 2.75) is 58.3 Å². The summed E-state index contributed by atoms with van der Waals surface area (Å²) in [5, 5.41) is 12.5. The first-order valence-corrected chi connectivity index (χ1v) is 6.67. The van der Waals surface area contributed by atoms with Gasteiger partial charge in [0.05, 0.1) is 6.10 Å². The van der Waals surface area contributed by atoms with E-state index in [1.54, 1.807) is 11.8 Å². The molecule has 1 fully saturated rings. The third kappa shape index (κ3) is 5.69. The van der Waals surface area contributed by atoms with Gasteiger partial charge < -0.3 is 20.1 Å². The van der Waals surface area contributed by atoms with Gasteiger partial charge in [-0.3, -0.25) is 0 Å². The molecule has 1 heterocycles. The Balaban J connectivity index is 2.40. The number of nitrogens with zero attached hydrogens (tertiary/aromatic N) is 1. The lowest BCUT2D eigenvalue weighted by Gasteiger charge is -2.34. The van der Waals surface area contributed by atoms with Gasteiger partial charge in [-0.25, -0.2) is 4.79 Å². The molecule has 0 aliphatic carbocycles. The van der Waals surface area contributed by atoms with Gasteiger partial charge in [0.15, 0.2) is 0 Å². The number of carbonyl (C=O) groups excluding carboxylic acids is 1. The smallest absolute Gasteiger partial charge is 0.410 e. The van der Waals surface area contributed by atoms with E-state index >= 15 is 0 Å². The monoisotopic (exact) mass is 258 g/mol. The highest BCUT2D eigenvalue weighted by Crippen LogP contribution is 2.15. The lowest BCUT2D eigenvalue weighted by atomic mass is 10.1. The van der Waals surface area contributed by atoms with E-state index in [0.29, 0.717) is 13.1 Å². The molecule has 0 bridgehead atoms. The van der Waals surface area contributed by atoms with Gasteiger partial charge in [0, 0.05) is 25.7 Å². The Bertz CT molecular complexity index is 274. The molecule has 0 saturated carbocycles. The maximum Gasteiger partial charge on any atom is 0.410 e. The molecule has 1 rings (SSSR count). The van der Waals surface area contributed by atoms with Crippen LogP contribution in [-0.2, 0) is 4.74 Å². The van der Waals surface area contributed by atoms with Crippen molar-refractivity contribution in [2.75, 3.05) is 19.6 Å². The average Bonchev–Trinajstić information content (AvgIpc) is 2.24. The zero-order valence-electron chi connectivity index (χ0n) is 11.9. The normalized spacial score (nSPS) is 22.7. The van der Waals surface area contributed by atoms with Crippen LogP contribution >= 0.6 is 0 Å². The van der Waals surface area contributed by atoms with E-state index in [2.05, 4.69) is 5.32 Å². The molecule has 0 radical (unpaired) electrons. The van der Waals surface area contributed by atoms with E-state index in [0.717, 1.165) is 19.4 Å². The molecule has 0 aromatic heterocycles. The summed E-state index contributed by atoms with van der Waals surface area (Å²) in [6.07, 6.45) is 1.40. The van der Waals surface area contributed by atoms with Gasteiger partial charge in [0.2, 0.25) is 0 Å². The van der Waals surface area contributed by atoms with E-state index in [1.165, 1.54) is 0 Å². The van der Waals surface area contributed by atoms with Gasteiger partial charge in [-0.2, -0.15) is 0 Å². The van der Waals surface area contributed by atoms with Gasteiger partial charge in [-0.15, -0.1) is 0 Å². The number of hydrogen-bond acceptors (Lipinski definition) is 4. The SMILES string of the molecule is CC(O)CNC1CCCN(C(=O)OC(C)(C)C)C1. The Hall–Kier alpha value is -0.810. The number of aliphatic hydroxyl groups is 1. The van der Waals surface area contributed by atoms with Crippen molar-refractivity contribution in [1.29, 1.82) is 0 Å². The number of rotatable bonds is 3. The van der Waals surface area contributed by atoms with E-state index in [9.17, 15) is 9.90 Å². The van der Waals surface area contributed by atoms with Gasteiger partial charge in [0.1, 0.15) is 5.60 Å². The van der Waals surface area contributed by atoms with Crippen molar-refractivity contribution in [3.05, 3.63) is 0 Å². The Morgan fingerprint density at radius 2 is 2.22 bits per heavy atom. The van der Waals surface area contributed by atoms with Crippen molar-refractivity contribution in [3.63, 3.8) is 0 Å².